The fourth-order valence-corrected chi connectivity index (χ4v) is 1.46. The maximum absolute atomic E-state index is 10.9. The topological polar surface area (TPSA) is 72.6 Å². The minimum atomic E-state index is -0.960. The number of carboxylic acid groups (broad SMARTS) is 1. The summed E-state index contributed by atoms with van der Waals surface area (Å²) in [5.74, 6) is -0.413. The highest BCUT2D eigenvalue weighted by Gasteiger charge is 2.11. The number of carboxylic acids is 1. The minimum absolute atomic E-state index is 0.243. The standard InChI is InChI=1S/C12H11NO4/c1-8-10(12(14)15)3-2-4-11(8)16-6-9-5-13-17-7-9/h2-5,7H,6H2,1H3,(H,14,15). The van der Waals surface area contributed by atoms with Gasteiger partial charge in [-0.3, -0.25) is 0 Å². The van der Waals surface area contributed by atoms with Crippen molar-refractivity contribution >= 4 is 5.97 Å². The SMILES string of the molecule is Cc1c(OCc2cnoc2)cccc1C(=O)O. The Kier molecular flexibility index (Phi) is 3.09. The molecule has 0 unspecified atom stereocenters. The Bertz CT molecular complexity index is 519. The highest BCUT2D eigenvalue weighted by molar-refractivity contribution is 5.90. The molecule has 0 saturated heterocycles. The minimum Gasteiger partial charge on any atom is -0.488 e. The molecule has 0 saturated carbocycles. The first-order chi connectivity index (χ1) is 8.18. The lowest BCUT2D eigenvalue weighted by molar-refractivity contribution is 0.0695. The van der Waals surface area contributed by atoms with E-state index in [-0.39, 0.29) is 5.56 Å². The largest absolute Gasteiger partial charge is 0.488 e. The van der Waals surface area contributed by atoms with Gasteiger partial charge in [0.2, 0.25) is 0 Å². The van der Waals surface area contributed by atoms with E-state index in [0.29, 0.717) is 17.9 Å². The zero-order valence-corrected chi connectivity index (χ0v) is 9.21. The summed E-state index contributed by atoms with van der Waals surface area (Å²) in [4.78, 5) is 10.9. The fraction of sp³-hybridized carbons (Fsp3) is 0.167. The van der Waals surface area contributed by atoms with Gasteiger partial charge in [-0.15, -0.1) is 0 Å². The van der Waals surface area contributed by atoms with E-state index in [9.17, 15) is 4.79 Å². The second kappa shape index (κ2) is 4.69. The summed E-state index contributed by atoms with van der Waals surface area (Å²) in [5.41, 5.74) is 1.65. The van der Waals surface area contributed by atoms with Crippen LogP contribution in [0.2, 0.25) is 0 Å². The summed E-state index contributed by atoms with van der Waals surface area (Å²) >= 11 is 0. The average molecular weight is 233 g/mol. The van der Waals surface area contributed by atoms with Gasteiger partial charge in [0, 0.05) is 11.1 Å². The van der Waals surface area contributed by atoms with Gasteiger partial charge in [0.25, 0.3) is 0 Å². The third-order valence-electron chi connectivity index (χ3n) is 2.39. The number of aromatic carboxylic acids is 1. The predicted molar refractivity (Wildman–Crippen MR) is 59.0 cm³/mol. The van der Waals surface area contributed by atoms with Crippen LogP contribution in [-0.4, -0.2) is 16.2 Å². The third-order valence-corrected chi connectivity index (χ3v) is 2.39. The van der Waals surface area contributed by atoms with Crippen molar-refractivity contribution in [3.63, 3.8) is 0 Å². The maximum atomic E-state index is 10.9. The van der Waals surface area contributed by atoms with E-state index in [4.69, 9.17) is 9.84 Å². The molecule has 88 valence electrons. The first-order valence-electron chi connectivity index (χ1n) is 5.02. The molecule has 0 aliphatic heterocycles. The molecule has 0 atom stereocenters. The monoisotopic (exact) mass is 233 g/mol. The molecule has 2 rings (SSSR count). The van der Waals surface area contributed by atoms with Crippen molar-refractivity contribution in [2.75, 3.05) is 0 Å². The second-order valence-electron chi connectivity index (χ2n) is 3.56. The number of aromatic nitrogens is 1. The Morgan fingerprint density at radius 2 is 2.35 bits per heavy atom. The normalized spacial score (nSPS) is 10.2. The van der Waals surface area contributed by atoms with Crippen molar-refractivity contribution in [2.45, 2.75) is 13.5 Å². The zero-order chi connectivity index (χ0) is 12.3. The van der Waals surface area contributed by atoms with E-state index in [0.717, 1.165) is 5.56 Å². The van der Waals surface area contributed by atoms with Crippen LogP contribution in [0.4, 0.5) is 0 Å². The second-order valence-corrected chi connectivity index (χ2v) is 3.56. The Morgan fingerprint density at radius 1 is 1.53 bits per heavy atom. The van der Waals surface area contributed by atoms with Crippen LogP contribution in [0.15, 0.2) is 35.2 Å². The van der Waals surface area contributed by atoms with Crippen molar-refractivity contribution in [3.05, 3.63) is 47.3 Å². The van der Waals surface area contributed by atoms with Crippen molar-refractivity contribution in [3.8, 4) is 5.75 Å². The Morgan fingerprint density at radius 3 is 3.00 bits per heavy atom. The third kappa shape index (κ3) is 2.44. The average Bonchev–Trinajstić information content (AvgIpc) is 2.80. The molecule has 1 aromatic heterocycles. The summed E-state index contributed by atoms with van der Waals surface area (Å²) in [6.45, 7) is 2.01. The van der Waals surface area contributed by atoms with Crippen LogP contribution in [0.1, 0.15) is 21.5 Å². The van der Waals surface area contributed by atoms with Crippen molar-refractivity contribution < 1.29 is 19.2 Å². The molecule has 1 heterocycles. The number of hydrogen-bond acceptors (Lipinski definition) is 4. The molecule has 5 heteroatoms. The van der Waals surface area contributed by atoms with Crippen LogP contribution in [-0.2, 0) is 6.61 Å². The first-order valence-corrected chi connectivity index (χ1v) is 5.02. The van der Waals surface area contributed by atoms with Gasteiger partial charge in [0.1, 0.15) is 18.6 Å². The highest BCUT2D eigenvalue weighted by atomic mass is 16.5. The Balaban J connectivity index is 2.16. The van der Waals surface area contributed by atoms with Gasteiger partial charge >= 0.3 is 5.97 Å². The maximum Gasteiger partial charge on any atom is 0.336 e. The van der Waals surface area contributed by atoms with E-state index in [1.54, 1.807) is 31.3 Å². The molecular formula is C12H11NO4. The predicted octanol–water partition coefficient (Wildman–Crippen LogP) is 2.26. The zero-order valence-electron chi connectivity index (χ0n) is 9.21. The summed E-state index contributed by atoms with van der Waals surface area (Å²) in [6.07, 6.45) is 3.03. The molecule has 2 aromatic rings. The molecule has 17 heavy (non-hydrogen) atoms. The van der Waals surface area contributed by atoms with Crippen LogP contribution in [0.5, 0.6) is 5.75 Å². The molecule has 0 aliphatic carbocycles. The van der Waals surface area contributed by atoms with Crippen LogP contribution in [0, 0.1) is 6.92 Å². The molecule has 0 amide bonds. The molecule has 0 aliphatic rings. The summed E-state index contributed by atoms with van der Waals surface area (Å²) in [6, 6.07) is 4.93. The number of benzene rings is 1. The Labute approximate surface area is 97.6 Å². The van der Waals surface area contributed by atoms with Crippen molar-refractivity contribution in [1.29, 1.82) is 0 Å². The van der Waals surface area contributed by atoms with Crippen molar-refractivity contribution in [1.82, 2.24) is 5.16 Å². The smallest absolute Gasteiger partial charge is 0.336 e. The van der Waals surface area contributed by atoms with E-state index in [1.165, 1.54) is 6.26 Å². The molecule has 0 fully saturated rings. The van der Waals surface area contributed by atoms with Gasteiger partial charge in [-0.1, -0.05) is 11.2 Å². The van der Waals surface area contributed by atoms with E-state index >= 15 is 0 Å². The van der Waals surface area contributed by atoms with Gasteiger partial charge in [-0.2, -0.15) is 0 Å². The first kappa shape index (κ1) is 11.2. The van der Waals surface area contributed by atoms with E-state index in [2.05, 4.69) is 9.68 Å². The number of nitrogens with zero attached hydrogens (tertiary/aromatic N) is 1. The molecule has 1 aromatic carbocycles. The van der Waals surface area contributed by atoms with Gasteiger partial charge in [0.15, 0.2) is 0 Å². The molecule has 5 nitrogen and oxygen atoms in total. The van der Waals surface area contributed by atoms with Gasteiger partial charge < -0.3 is 14.4 Å². The van der Waals surface area contributed by atoms with E-state index < -0.39 is 5.97 Å². The summed E-state index contributed by atoms with van der Waals surface area (Å²) in [5, 5.41) is 12.5. The number of hydrogen-bond donors (Lipinski definition) is 1. The Hall–Kier alpha value is -2.30. The van der Waals surface area contributed by atoms with Crippen molar-refractivity contribution in [2.24, 2.45) is 0 Å². The van der Waals surface area contributed by atoms with Crippen LogP contribution in [0.25, 0.3) is 0 Å². The van der Waals surface area contributed by atoms with Gasteiger partial charge in [-0.25, -0.2) is 4.79 Å². The fourth-order valence-electron chi connectivity index (χ4n) is 1.46. The van der Waals surface area contributed by atoms with E-state index in [1.807, 2.05) is 0 Å². The van der Waals surface area contributed by atoms with Gasteiger partial charge in [-0.05, 0) is 19.1 Å². The lowest BCUT2D eigenvalue weighted by atomic mass is 10.1. The molecule has 0 radical (unpaired) electrons. The molecule has 0 spiro atoms. The molecule has 0 bridgehead atoms. The number of carbonyl (C=O) groups is 1. The van der Waals surface area contributed by atoms with Gasteiger partial charge in [0.05, 0.1) is 11.8 Å². The quantitative estimate of drug-likeness (QED) is 0.876. The highest BCUT2D eigenvalue weighted by Crippen LogP contribution is 2.22. The number of rotatable bonds is 4. The lowest BCUT2D eigenvalue weighted by Gasteiger charge is -2.09. The van der Waals surface area contributed by atoms with Crippen LogP contribution in [0.3, 0.4) is 0 Å². The lowest BCUT2D eigenvalue weighted by Crippen LogP contribution is -2.02. The molecular weight excluding hydrogens is 222 g/mol. The summed E-state index contributed by atoms with van der Waals surface area (Å²) < 4.78 is 10.2. The summed E-state index contributed by atoms with van der Waals surface area (Å²) in [7, 11) is 0. The number of ether oxygens (including phenoxy) is 1. The molecule has 1 N–H and O–H groups in total. The van der Waals surface area contributed by atoms with Crippen LogP contribution < -0.4 is 4.74 Å². The van der Waals surface area contributed by atoms with Crippen LogP contribution >= 0.6 is 0 Å².